The van der Waals surface area contributed by atoms with Crippen LogP contribution in [0.4, 0.5) is 22.0 Å². The average molecular weight is 263 g/mol. The molecule has 0 unspecified atom stereocenters. The Bertz CT molecular complexity index is 289. The number of amides is 1. The molecule has 0 radical (unpaired) electrons. The number of rotatable bonds is 5. The molecule has 0 aliphatic carbocycles. The van der Waals surface area contributed by atoms with E-state index in [0.29, 0.717) is 0 Å². The Morgan fingerprint density at radius 2 is 1.71 bits per heavy atom. The van der Waals surface area contributed by atoms with Gasteiger partial charge in [0.1, 0.15) is 0 Å². The lowest BCUT2D eigenvalue weighted by atomic mass is 10.2. The molecule has 0 atom stereocenters. The van der Waals surface area contributed by atoms with Gasteiger partial charge in [-0.15, -0.1) is 0 Å². The number of methoxy groups -OCH3 is 1. The smallest absolute Gasteiger partial charge is 0.463 e. The van der Waals surface area contributed by atoms with Crippen LogP contribution in [0, 0.1) is 0 Å². The monoisotopic (exact) mass is 263 g/mol. The van der Waals surface area contributed by atoms with Gasteiger partial charge in [0.15, 0.2) is 0 Å². The van der Waals surface area contributed by atoms with Crippen molar-refractivity contribution in [3.8, 4) is 0 Å². The minimum atomic E-state index is -5.93. The second-order valence-corrected chi connectivity index (χ2v) is 3.01. The van der Waals surface area contributed by atoms with Gasteiger partial charge in [0.25, 0.3) is 5.91 Å². The quantitative estimate of drug-likeness (QED) is 0.461. The van der Waals surface area contributed by atoms with Crippen molar-refractivity contribution >= 4 is 11.9 Å². The molecule has 100 valence electrons. The van der Waals surface area contributed by atoms with Gasteiger partial charge >= 0.3 is 18.1 Å². The zero-order valence-corrected chi connectivity index (χ0v) is 8.74. The fourth-order valence-corrected chi connectivity index (χ4v) is 0.776. The van der Waals surface area contributed by atoms with Gasteiger partial charge in [0, 0.05) is 13.0 Å². The van der Waals surface area contributed by atoms with E-state index in [9.17, 15) is 31.5 Å². The molecule has 0 rings (SSSR count). The minimum Gasteiger partial charge on any atom is -0.469 e. The van der Waals surface area contributed by atoms with Crippen molar-refractivity contribution in [2.75, 3.05) is 13.7 Å². The van der Waals surface area contributed by atoms with Gasteiger partial charge in [-0.25, -0.2) is 0 Å². The molecule has 9 heteroatoms. The summed E-state index contributed by atoms with van der Waals surface area (Å²) in [5.74, 6) is -8.52. The van der Waals surface area contributed by atoms with Crippen molar-refractivity contribution in [1.29, 1.82) is 0 Å². The van der Waals surface area contributed by atoms with E-state index in [4.69, 9.17) is 0 Å². The zero-order valence-electron chi connectivity index (χ0n) is 8.74. The molecule has 0 aromatic heterocycles. The van der Waals surface area contributed by atoms with E-state index >= 15 is 0 Å². The van der Waals surface area contributed by atoms with Crippen molar-refractivity contribution in [3.63, 3.8) is 0 Å². The number of ether oxygens (including phenoxy) is 1. The van der Waals surface area contributed by atoms with Gasteiger partial charge in [-0.2, -0.15) is 22.0 Å². The van der Waals surface area contributed by atoms with E-state index in [0.717, 1.165) is 7.11 Å². The van der Waals surface area contributed by atoms with Gasteiger partial charge in [-0.05, 0) is 6.42 Å². The fourth-order valence-electron chi connectivity index (χ4n) is 0.776. The van der Waals surface area contributed by atoms with Gasteiger partial charge in [0.05, 0.1) is 7.11 Å². The van der Waals surface area contributed by atoms with Gasteiger partial charge in [-0.3, -0.25) is 9.59 Å². The van der Waals surface area contributed by atoms with Crippen LogP contribution in [0.2, 0.25) is 0 Å². The third kappa shape index (κ3) is 4.53. The molecule has 0 bridgehead atoms. The summed E-state index contributed by atoms with van der Waals surface area (Å²) in [6.07, 6.45) is -6.21. The summed E-state index contributed by atoms with van der Waals surface area (Å²) in [6.45, 7) is -0.473. The Morgan fingerprint density at radius 1 is 1.18 bits per heavy atom. The third-order valence-electron chi connectivity index (χ3n) is 1.71. The van der Waals surface area contributed by atoms with E-state index in [1.54, 1.807) is 0 Å². The number of halogens is 5. The van der Waals surface area contributed by atoms with E-state index in [1.807, 2.05) is 0 Å². The summed E-state index contributed by atoms with van der Waals surface area (Å²) in [7, 11) is 1.10. The predicted molar refractivity (Wildman–Crippen MR) is 45.3 cm³/mol. The van der Waals surface area contributed by atoms with Crippen LogP contribution in [-0.4, -0.2) is 37.6 Å². The number of carbonyl (C=O) groups excluding carboxylic acids is 2. The maximum atomic E-state index is 12.3. The van der Waals surface area contributed by atoms with Crippen LogP contribution in [0.3, 0.4) is 0 Å². The number of hydrogen-bond acceptors (Lipinski definition) is 3. The molecule has 0 saturated carbocycles. The van der Waals surface area contributed by atoms with Crippen molar-refractivity contribution in [1.82, 2.24) is 5.32 Å². The van der Waals surface area contributed by atoms with E-state index in [1.165, 1.54) is 5.32 Å². The standard InChI is InChI=1S/C8H10F5NO3/c1-17-5(15)3-2-4-14-6(16)7(9,10)8(11,12)13/h2-4H2,1H3,(H,14,16). The Morgan fingerprint density at radius 3 is 2.12 bits per heavy atom. The Hall–Kier alpha value is -1.41. The zero-order chi connectivity index (χ0) is 13.7. The molecule has 17 heavy (non-hydrogen) atoms. The van der Waals surface area contributed by atoms with Crippen molar-refractivity contribution in [2.24, 2.45) is 0 Å². The van der Waals surface area contributed by atoms with Crippen molar-refractivity contribution in [3.05, 3.63) is 0 Å². The highest BCUT2D eigenvalue weighted by Crippen LogP contribution is 2.35. The molecule has 4 nitrogen and oxygen atoms in total. The molecule has 0 aromatic rings. The van der Waals surface area contributed by atoms with Crippen molar-refractivity contribution in [2.45, 2.75) is 24.9 Å². The molecule has 0 saturated heterocycles. The lowest BCUT2D eigenvalue weighted by Crippen LogP contribution is -2.50. The molecule has 1 amide bonds. The first kappa shape index (κ1) is 15.6. The van der Waals surface area contributed by atoms with Crippen LogP contribution in [0.15, 0.2) is 0 Å². The lowest BCUT2D eigenvalue weighted by Gasteiger charge is -2.18. The molecule has 1 N–H and O–H groups in total. The molecule has 0 fully saturated rings. The molecular weight excluding hydrogens is 253 g/mol. The highest BCUT2D eigenvalue weighted by Gasteiger charge is 2.63. The Labute approximate surface area is 93.1 Å². The number of nitrogens with one attached hydrogen (secondary N) is 1. The average Bonchev–Trinajstić information content (AvgIpc) is 2.21. The van der Waals surface area contributed by atoms with Gasteiger partial charge in [-0.1, -0.05) is 0 Å². The molecular formula is C8H10F5NO3. The van der Waals surface area contributed by atoms with Gasteiger partial charge < -0.3 is 10.1 Å². The maximum absolute atomic E-state index is 12.3. The summed E-state index contributed by atoms with van der Waals surface area (Å²) in [5.41, 5.74) is 0. The topological polar surface area (TPSA) is 55.4 Å². The maximum Gasteiger partial charge on any atom is 0.463 e. The fraction of sp³-hybridized carbons (Fsp3) is 0.750. The minimum absolute atomic E-state index is 0.0909. The van der Waals surface area contributed by atoms with Crippen LogP contribution in [0.5, 0.6) is 0 Å². The molecule has 0 heterocycles. The SMILES string of the molecule is COC(=O)CCCNC(=O)C(F)(F)C(F)(F)F. The van der Waals surface area contributed by atoms with Gasteiger partial charge in [0.2, 0.25) is 0 Å². The summed E-state index contributed by atoms with van der Waals surface area (Å²) in [5, 5.41) is 1.39. The summed E-state index contributed by atoms with van der Waals surface area (Å²) in [6, 6.07) is 0. The molecule has 0 aromatic carbocycles. The Kier molecular flexibility index (Phi) is 5.30. The normalized spacial score (nSPS) is 12.1. The first-order chi connectivity index (χ1) is 7.63. The number of esters is 1. The first-order valence-corrected chi connectivity index (χ1v) is 4.42. The van der Waals surface area contributed by atoms with Crippen LogP contribution in [-0.2, 0) is 14.3 Å². The highest BCUT2D eigenvalue weighted by atomic mass is 19.4. The van der Waals surface area contributed by atoms with Crippen LogP contribution < -0.4 is 5.32 Å². The first-order valence-electron chi connectivity index (χ1n) is 4.42. The molecule has 0 spiro atoms. The molecule has 0 aliphatic heterocycles. The Balaban J connectivity index is 4.07. The number of carbonyl (C=O) groups is 2. The summed E-state index contributed by atoms with van der Waals surface area (Å²) in [4.78, 5) is 21.1. The second-order valence-electron chi connectivity index (χ2n) is 3.01. The van der Waals surface area contributed by atoms with Crippen LogP contribution >= 0.6 is 0 Å². The van der Waals surface area contributed by atoms with Crippen LogP contribution in [0.25, 0.3) is 0 Å². The highest BCUT2D eigenvalue weighted by molar-refractivity contribution is 5.84. The van der Waals surface area contributed by atoms with E-state index < -0.39 is 30.5 Å². The summed E-state index contributed by atoms with van der Waals surface area (Å²) >= 11 is 0. The third-order valence-corrected chi connectivity index (χ3v) is 1.71. The lowest BCUT2D eigenvalue weighted by molar-refractivity contribution is -0.269. The predicted octanol–water partition coefficient (Wildman–Crippen LogP) is 1.25. The number of hydrogen-bond donors (Lipinski definition) is 1. The van der Waals surface area contributed by atoms with Crippen LogP contribution in [0.1, 0.15) is 12.8 Å². The largest absolute Gasteiger partial charge is 0.469 e. The van der Waals surface area contributed by atoms with Crippen molar-refractivity contribution < 1.29 is 36.3 Å². The summed E-state index contributed by atoms with van der Waals surface area (Å²) < 4.78 is 64.0. The number of alkyl halides is 5. The second kappa shape index (κ2) is 5.78. The van der Waals surface area contributed by atoms with E-state index in [-0.39, 0.29) is 12.8 Å². The molecule has 0 aliphatic rings. The van der Waals surface area contributed by atoms with E-state index in [2.05, 4.69) is 4.74 Å².